The van der Waals surface area contributed by atoms with E-state index in [0.29, 0.717) is 24.2 Å². The van der Waals surface area contributed by atoms with E-state index in [1.807, 2.05) is 18.2 Å². The van der Waals surface area contributed by atoms with Gasteiger partial charge in [-0.25, -0.2) is 4.39 Å². The number of halogens is 2. The fourth-order valence-electron chi connectivity index (χ4n) is 3.96. The van der Waals surface area contributed by atoms with Crippen LogP contribution in [-0.2, 0) is 19.7 Å². The van der Waals surface area contributed by atoms with Crippen LogP contribution in [0.1, 0.15) is 29.5 Å². The number of hydrogen-bond donors (Lipinski definition) is 1. The molecule has 0 amide bonds. The Morgan fingerprint density at radius 1 is 0.935 bits per heavy atom. The third-order valence-electron chi connectivity index (χ3n) is 5.75. The molecular weight excluding hydrogens is 411 g/mol. The van der Waals surface area contributed by atoms with E-state index in [1.165, 1.54) is 17.7 Å². The molecule has 3 aromatic carbocycles. The Bertz CT molecular complexity index is 957. The number of likely N-dealkylation sites (tertiary alicyclic amines) is 1. The topological polar surface area (TPSA) is 24.5 Å². The van der Waals surface area contributed by atoms with Crippen LogP contribution in [0, 0.1) is 5.82 Å². The molecule has 1 N–H and O–H groups in total. The lowest BCUT2D eigenvalue weighted by Crippen LogP contribution is -2.41. The van der Waals surface area contributed by atoms with Crippen LogP contribution in [0.25, 0.3) is 0 Å². The summed E-state index contributed by atoms with van der Waals surface area (Å²) in [5.41, 5.74) is 3.35. The zero-order chi connectivity index (χ0) is 21.5. The van der Waals surface area contributed by atoms with Gasteiger partial charge < -0.3 is 10.1 Å². The summed E-state index contributed by atoms with van der Waals surface area (Å²) in [7, 11) is 0. The van der Waals surface area contributed by atoms with Crippen LogP contribution in [0.2, 0.25) is 5.02 Å². The van der Waals surface area contributed by atoms with Gasteiger partial charge in [0.25, 0.3) is 0 Å². The van der Waals surface area contributed by atoms with Crippen molar-refractivity contribution < 1.29 is 9.13 Å². The number of ether oxygens (including phenoxy) is 1. The summed E-state index contributed by atoms with van der Waals surface area (Å²) in [6, 6.07) is 23.2. The van der Waals surface area contributed by atoms with Crippen LogP contribution in [0.15, 0.2) is 72.8 Å². The first-order valence-electron chi connectivity index (χ1n) is 10.8. The normalized spacial score (nSPS) is 15.2. The molecule has 1 aliphatic heterocycles. The molecule has 0 spiro atoms. The predicted molar refractivity (Wildman–Crippen MR) is 124 cm³/mol. The van der Waals surface area contributed by atoms with E-state index >= 15 is 0 Å². The molecule has 0 saturated carbocycles. The van der Waals surface area contributed by atoms with E-state index in [1.54, 1.807) is 12.1 Å². The Labute approximate surface area is 188 Å². The molecule has 0 aromatic heterocycles. The number of rotatable bonds is 8. The van der Waals surface area contributed by atoms with Gasteiger partial charge in [-0.05, 0) is 67.4 Å². The zero-order valence-corrected chi connectivity index (χ0v) is 18.3. The lowest BCUT2D eigenvalue weighted by Gasteiger charge is -2.32. The van der Waals surface area contributed by atoms with Crippen molar-refractivity contribution in [3.63, 3.8) is 0 Å². The number of piperidine rings is 1. The van der Waals surface area contributed by atoms with Gasteiger partial charge in [0.1, 0.15) is 18.2 Å². The minimum Gasteiger partial charge on any atom is -0.489 e. The highest BCUT2D eigenvalue weighted by Gasteiger charge is 2.19. The van der Waals surface area contributed by atoms with Crippen LogP contribution < -0.4 is 10.1 Å². The summed E-state index contributed by atoms with van der Waals surface area (Å²) >= 11 is 6.24. The molecule has 1 heterocycles. The van der Waals surface area contributed by atoms with E-state index in [0.717, 1.165) is 49.4 Å². The van der Waals surface area contributed by atoms with E-state index < -0.39 is 0 Å². The second kappa shape index (κ2) is 10.8. The SMILES string of the molecule is Fc1ccc(COc2ccc(Cl)cc2CNC2CCN(Cc3ccccc3)CC2)cc1. The average molecular weight is 439 g/mol. The van der Waals surface area contributed by atoms with Gasteiger partial charge in [0.2, 0.25) is 0 Å². The number of nitrogens with one attached hydrogen (secondary N) is 1. The Kier molecular flexibility index (Phi) is 7.57. The second-order valence-corrected chi connectivity index (χ2v) is 8.52. The van der Waals surface area contributed by atoms with Gasteiger partial charge in [0.15, 0.2) is 0 Å². The molecule has 5 heteroatoms. The van der Waals surface area contributed by atoms with Gasteiger partial charge >= 0.3 is 0 Å². The minimum absolute atomic E-state index is 0.241. The highest BCUT2D eigenvalue weighted by atomic mass is 35.5. The molecule has 0 atom stereocenters. The fourth-order valence-corrected chi connectivity index (χ4v) is 4.15. The molecule has 3 aromatic rings. The van der Waals surface area contributed by atoms with E-state index in [2.05, 4.69) is 40.5 Å². The van der Waals surface area contributed by atoms with Gasteiger partial charge in [-0.15, -0.1) is 0 Å². The van der Waals surface area contributed by atoms with E-state index in [-0.39, 0.29) is 5.82 Å². The summed E-state index contributed by atoms with van der Waals surface area (Å²) in [6.07, 6.45) is 2.25. The molecule has 31 heavy (non-hydrogen) atoms. The lowest BCUT2D eigenvalue weighted by molar-refractivity contribution is 0.189. The molecule has 1 fully saturated rings. The Morgan fingerprint density at radius 3 is 2.42 bits per heavy atom. The third kappa shape index (κ3) is 6.54. The van der Waals surface area contributed by atoms with Gasteiger partial charge in [0, 0.05) is 29.7 Å². The smallest absolute Gasteiger partial charge is 0.124 e. The first kappa shape index (κ1) is 21.8. The van der Waals surface area contributed by atoms with Crippen molar-refractivity contribution in [1.82, 2.24) is 10.2 Å². The van der Waals surface area contributed by atoms with Crippen LogP contribution in [0.4, 0.5) is 4.39 Å². The van der Waals surface area contributed by atoms with Gasteiger partial charge in [0.05, 0.1) is 0 Å². The van der Waals surface area contributed by atoms with Crippen molar-refractivity contribution in [2.45, 2.75) is 38.6 Å². The summed E-state index contributed by atoms with van der Waals surface area (Å²) in [6.45, 7) is 4.31. The molecule has 3 nitrogen and oxygen atoms in total. The minimum atomic E-state index is -0.241. The lowest BCUT2D eigenvalue weighted by atomic mass is 10.0. The molecule has 1 saturated heterocycles. The highest BCUT2D eigenvalue weighted by molar-refractivity contribution is 6.30. The molecule has 162 valence electrons. The number of nitrogens with zero attached hydrogens (tertiary/aromatic N) is 1. The molecule has 4 rings (SSSR count). The van der Waals surface area contributed by atoms with Crippen molar-refractivity contribution in [3.05, 3.63) is 100 Å². The molecule has 0 bridgehead atoms. The Balaban J connectivity index is 1.28. The summed E-state index contributed by atoms with van der Waals surface area (Å²) in [4.78, 5) is 2.52. The van der Waals surface area contributed by atoms with Gasteiger partial charge in [-0.3, -0.25) is 4.90 Å². The molecule has 0 radical (unpaired) electrons. The van der Waals surface area contributed by atoms with E-state index in [9.17, 15) is 4.39 Å². The van der Waals surface area contributed by atoms with Crippen LogP contribution in [0.3, 0.4) is 0 Å². The largest absolute Gasteiger partial charge is 0.489 e. The zero-order valence-electron chi connectivity index (χ0n) is 17.6. The number of benzene rings is 3. The van der Waals surface area contributed by atoms with Crippen molar-refractivity contribution in [3.8, 4) is 5.75 Å². The molecular formula is C26H28ClFN2O. The van der Waals surface area contributed by atoms with Gasteiger partial charge in [-0.1, -0.05) is 54.1 Å². The molecule has 1 aliphatic rings. The van der Waals surface area contributed by atoms with Gasteiger partial charge in [-0.2, -0.15) is 0 Å². The maximum Gasteiger partial charge on any atom is 0.124 e. The van der Waals surface area contributed by atoms with Crippen LogP contribution in [0.5, 0.6) is 5.75 Å². The Hall–Kier alpha value is -2.40. The monoisotopic (exact) mass is 438 g/mol. The molecule has 0 aliphatic carbocycles. The summed E-state index contributed by atoms with van der Waals surface area (Å²) < 4.78 is 19.1. The third-order valence-corrected chi connectivity index (χ3v) is 5.98. The first-order chi connectivity index (χ1) is 15.2. The van der Waals surface area contributed by atoms with Crippen molar-refractivity contribution >= 4 is 11.6 Å². The first-order valence-corrected chi connectivity index (χ1v) is 11.2. The predicted octanol–water partition coefficient (Wildman–Crippen LogP) is 5.81. The Morgan fingerprint density at radius 2 is 1.68 bits per heavy atom. The number of hydrogen-bond acceptors (Lipinski definition) is 3. The van der Waals surface area contributed by atoms with Crippen molar-refractivity contribution in [2.75, 3.05) is 13.1 Å². The highest BCUT2D eigenvalue weighted by Crippen LogP contribution is 2.25. The van der Waals surface area contributed by atoms with Crippen LogP contribution >= 0.6 is 11.6 Å². The maximum absolute atomic E-state index is 13.1. The quantitative estimate of drug-likeness (QED) is 0.480. The summed E-state index contributed by atoms with van der Waals surface area (Å²) in [5.74, 6) is 0.567. The fraction of sp³-hybridized carbons (Fsp3) is 0.308. The second-order valence-electron chi connectivity index (χ2n) is 8.08. The van der Waals surface area contributed by atoms with Crippen molar-refractivity contribution in [1.29, 1.82) is 0 Å². The molecule has 0 unspecified atom stereocenters. The average Bonchev–Trinajstić information content (AvgIpc) is 2.80. The summed E-state index contributed by atoms with van der Waals surface area (Å²) in [5, 5.41) is 4.38. The van der Waals surface area contributed by atoms with Crippen LogP contribution in [-0.4, -0.2) is 24.0 Å². The maximum atomic E-state index is 13.1. The van der Waals surface area contributed by atoms with Crippen molar-refractivity contribution in [2.24, 2.45) is 0 Å². The van der Waals surface area contributed by atoms with E-state index in [4.69, 9.17) is 16.3 Å². The standard InChI is InChI=1S/C26H28ClFN2O/c27-23-8-11-26(31-19-21-6-9-24(28)10-7-21)22(16-23)17-29-25-12-14-30(15-13-25)18-20-4-2-1-3-5-20/h1-11,16,25,29H,12-15,17-19H2.